The zero-order valence-electron chi connectivity index (χ0n) is 8.00. The van der Waals surface area contributed by atoms with E-state index in [1.165, 1.54) is 0 Å². The second-order valence-corrected chi connectivity index (χ2v) is 3.06. The van der Waals surface area contributed by atoms with Crippen LogP contribution in [0.4, 0.5) is 0 Å². The number of fused-ring (bicyclic) bond motifs is 1. The van der Waals surface area contributed by atoms with Crippen molar-refractivity contribution in [2.45, 2.75) is 6.92 Å². The molecule has 1 heterocycles. The highest BCUT2D eigenvalue weighted by Crippen LogP contribution is 2.24. The minimum absolute atomic E-state index is 0.360. The van der Waals surface area contributed by atoms with Gasteiger partial charge in [-0.2, -0.15) is 0 Å². The van der Waals surface area contributed by atoms with Crippen LogP contribution in [0.3, 0.4) is 0 Å². The van der Waals surface area contributed by atoms with Crippen LogP contribution in [-0.2, 0) is 0 Å². The first-order valence-corrected chi connectivity index (χ1v) is 4.25. The quantitative estimate of drug-likeness (QED) is 0.736. The van der Waals surface area contributed by atoms with Gasteiger partial charge in [-0.1, -0.05) is 6.07 Å². The van der Waals surface area contributed by atoms with Gasteiger partial charge in [-0.15, -0.1) is 0 Å². The number of methoxy groups -OCH3 is 1. The minimum atomic E-state index is -0.360. The number of hydrogen-bond acceptors (Lipinski definition) is 3. The number of hydrogen-bond donors (Lipinski definition) is 1. The van der Waals surface area contributed by atoms with Gasteiger partial charge in [-0.25, -0.2) is 9.78 Å². The average Bonchev–Trinajstić information content (AvgIpc) is 2.18. The summed E-state index contributed by atoms with van der Waals surface area (Å²) in [6.45, 7) is 1.96. The summed E-state index contributed by atoms with van der Waals surface area (Å²) in [5, 5.41) is 0.906. The first-order valence-electron chi connectivity index (χ1n) is 4.25. The zero-order valence-corrected chi connectivity index (χ0v) is 8.00. The summed E-state index contributed by atoms with van der Waals surface area (Å²) in [5.41, 5.74) is 1.40. The highest BCUT2D eigenvalue weighted by Gasteiger charge is 2.04. The lowest BCUT2D eigenvalue weighted by molar-refractivity contribution is 0.418. The predicted molar refractivity (Wildman–Crippen MR) is 53.7 cm³/mol. The molecule has 1 aromatic carbocycles. The number of nitrogens with zero attached hydrogens (tertiary/aromatic N) is 1. The van der Waals surface area contributed by atoms with Crippen molar-refractivity contribution in [3.63, 3.8) is 0 Å². The fourth-order valence-electron chi connectivity index (χ4n) is 1.43. The number of benzene rings is 1. The molecule has 0 spiro atoms. The molecule has 72 valence electrons. The molecule has 14 heavy (non-hydrogen) atoms. The maximum absolute atomic E-state index is 11.0. The van der Waals surface area contributed by atoms with Crippen LogP contribution in [0.25, 0.3) is 10.9 Å². The van der Waals surface area contributed by atoms with E-state index in [1.807, 2.05) is 19.1 Å². The number of aromatic nitrogens is 2. The van der Waals surface area contributed by atoms with Crippen LogP contribution in [0.2, 0.25) is 0 Å². The van der Waals surface area contributed by atoms with E-state index in [1.54, 1.807) is 13.3 Å². The molecule has 1 N–H and O–H groups in total. The maximum Gasteiger partial charge on any atom is 0.345 e. The molecule has 0 bridgehead atoms. The summed E-state index contributed by atoms with van der Waals surface area (Å²) in [6.07, 6.45) is 1.56. The molecule has 2 aromatic rings. The lowest BCUT2D eigenvalue weighted by Crippen LogP contribution is -2.09. The molecule has 0 aliphatic carbocycles. The van der Waals surface area contributed by atoms with Gasteiger partial charge in [-0.3, -0.25) is 0 Å². The third-order valence-corrected chi connectivity index (χ3v) is 2.19. The number of nitrogens with one attached hydrogen (secondary N) is 1. The van der Waals surface area contributed by atoms with Crippen LogP contribution < -0.4 is 10.4 Å². The van der Waals surface area contributed by atoms with Gasteiger partial charge < -0.3 is 9.72 Å². The van der Waals surface area contributed by atoms with Gasteiger partial charge in [0.25, 0.3) is 0 Å². The van der Waals surface area contributed by atoms with Gasteiger partial charge in [0.2, 0.25) is 0 Å². The average molecular weight is 190 g/mol. The molecule has 4 nitrogen and oxygen atoms in total. The SMILES string of the molecule is COc1ccc(C)c2cnc(=O)[nH]c12. The van der Waals surface area contributed by atoms with Gasteiger partial charge in [-0.05, 0) is 18.6 Å². The van der Waals surface area contributed by atoms with Crippen molar-refractivity contribution >= 4 is 10.9 Å². The molecule has 0 unspecified atom stereocenters. The number of aryl methyl sites for hydroxylation is 1. The van der Waals surface area contributed by atoms with E-state index in [-0.39, 0.29) is 5.69 Å². The van der Waals surface area contributed by atoms with Gasteiger partial charge >= 0.3 is 5.69 Å². The smallest absolute Gasteiger partial charge is 0.345 e. The second kappa shape index (κ2) is 3.14. The van der Waals surface area contributed by atoms with E-state index >= 15 is 0 Å². The van der Waals surface area contributed by atoms with E-state index in [2.05, 4.69) is 9.97 Å². The van der Waals surface area contributed by atoms with Crippen LogP contribution in [0.15, 0.2) is 23.1 Å². The summed E-state index contributed by atoms with van der Waals surface area (Å²) >= 11 is 0. The Morgan fingerprint density at radius 2 is 2.21 bits per heavy atom. The Morgan fingerprint density at radius 3 is 2.93 bits per heavy atom. The first-order chi connectivity index (χ1) is 6.72. The van der Waals surface area contributed by atoms with Crippen molar-refractivity contribution in [1.29, 1.82) is 0 Å². The number of rotatable bonds is 1. The Balaban J connectivity index is 2.92. The first kappa shape index (κ1) is 8.74. The summed E-state index contributed by atoms with van der Waals surface area (Å²) in [4.78, 5) is 17.4. The summed E-state index contributed by atoms with van der Waals surface area (Å²) < 4.78 is 5.14. The minimum Gasteiger partial charge on any atom is -0.495 e. The standard InChI is InChI=1S/C10H10N2O2/c1-6-3-4-8(14-2)9-7(6)5-11-10(13)12-9/h3-5H,1-2H3,(H,11,12,13). The molecule has 0 saturated heterocycles. The van der Waals surface area contributed by atoms with E-state index in [0.717, 1.165) is 10.9 Å². The lowest BCUT2D eigenvalue weighted by Gasteiger charge is -2.05. The lowest BCUT2D eigenvalue weighted by atomic mass is 10.1. The third kappa shape index (κ3) is 1.25. The molecule has 0 atom stereocenters. The molecule has 2 rings (SSSR count). The molecular formula is C10H10N2O2. The molecule has 0 radical (unpaired) electrons. The Hall–Kier alpha value is -1.84. The summed E-state index contributed by atoms with van der Waals surface area (Å²) in [5.74, 6) is 0.658. The molecule has 0 fully saturated rings. The van der Waals surface area contributed by atoms with Crippen LogP contribution in [0, 0.1) is 6.92 Å². The topological polar surface area (TPSA) is 55.0 Å². The Labute approximate surface area is 80.6 Å². The fraction of sp³-hybridized carbons (Fsp3) is 0.200. The Bertz CT molecular complexity index is 531. The number of aromatic amines is 1. The molecular weight excluding hydrogens is 180 g/mol. The highest BCUT2D eigenvalue weighted by atomic mass is 16.5. The van der Waals surface area contributed by atoms with Gasteiger partial charge in [0.15, 0.2) is 0 Å². The maximum atomic E-state index is 11.0. The van der Waals surface area contributed by atoms with Crippen molar-refractivity contribution in [1.82, 2.24) is 9.97 Å². The Morgan fingerprint density at radius 1 is 1.43 bits per heavy atom. The Kier molecular flexibility index (Phi) is 1.96. The largest absolute Gasteiger partial charge is 0.495 e. The van der Waals surface area contributed by atoms with Gasteiger partial charge in [0.1, 0.15) is 5.75 Å². The monoisotopic (exact) mass is 190 g/mol. The van der Waals surface area contributed by atoms with Crippen LogP contribution in [-0.4, -0.2) is 17.1 Å². The number of ether oxygens (including phenoxy) is 1. The van der Waals surface area contributed by atoms with E-state index in [9.17, 15) is 4.79 Å². The van der Waals surface area contributed by atoms with Gasteiger partial charge in [0.05, 0.1) is 12.6 Å². The second-order valence-electron chi connectivity index (χ2n) is 3.06. The predicted octanol–water partition coefficient (Wildman–Crippen LogP) is 1.24. The van der Waals surface area contributed by atoms with Crippen LogP contribution in [0.5, 0.6) is 5.75 Å². The fourth-order valence-corrected chi connectivity index (χ4v) is 1.43. The van der Waals surface area contributed by atoms with Crippen molar-refractivity contribution in [3.05, 3.63) is 34.4 Å². The van der Waals surface area contributed by atoms with Crippen LogP contribution >= 0.6 is 0 Å². The molecule has 0 aliphatic heterocycles. The van der Waals surface area contributed by atoms with Crippen molar-refractivity contribution in [2.75, 3.05) is 7.11 Å². The normalized spacial score (nSPS) is 10.4. The number of H-pyrrole nitrogens is 1. The van der Waals surface area contributed by atoms with Crippen LogP contribution in [0.1, 0.15) is 5.56 Å². The van der Waals surface area contributed by atoms with Crippen molar-refractivity contribution in [2.24, 2.45) is 0 Å². The van der Waals surface area contributed by atoms with Crippen molar-refractivity contribution in [3.8, 4) is 5.75 Å². The summed E-state index contributed by atoms with van der Waals surface area (Å²) in [7, 11) is 1.57. The molecule has 0 saturated carbocycles. The zero-order chi connectivity index (χ0) is 10.1. The van der Waals surface area contributed by atoms with E-state index in [4.69, 9.17) is 4.74 Å². The third-order valence-electron chi connectivity index (χ3n) is 2.19. The molecule has 0 amide bonds. The summed E-state index contributed by atoms with van der Waals surface area (Å²) in [6, 6.07) is 3.76. The van der Waals surface area contributed by atoms with Gasteiger partial charge in [0, 0.05) is 11.6 Å². The molecule has 1 aromatic heterocycles. The van der Waals surface area contributed by atoms with Crippen molar-refractivity contribution < 1.29 is 4.74 Å². The van der Waals surface area contributed by atoms with E-state index in [0.29, 0.717) is 11.3 Å². The molecule has 4 heteroatoms. The van der Waals surface area contributed by atoms with E-state index < -0.39 is 0 Å². The highest BCUT2D eigenvalue weighted by molar-refractivity contribution is 5.86. The molecule has 0 aliphatic rings.